The van der Waals surface area contributed by atoms with E-state index < -0.39 is 5.69 Å². The molecule has 1 fully saturated rings. The minimum atomic E-state index is -0.454. The fourth-order valence-electron chi connectivity index (χ4n) is 4.11. The number of hydrogen-bond acceptors (Lipinski definition) is 15. The Bertz CT molecular complexity index is 2280. The number of hydrogen-bond donors (Lipinski definition) is 3. The number of morpholine rings is 1. The highest BCUT2D eigenvalue weighted by Gasteiger charge is 2.17. The number of methoxy groups -OCH3 is 1. The van der Waals surface area contributed by atoms with Crippen LogP contribution in [0.15, 0.2) is 55.4 Å². The zero-order valence-corrected chi connectivity index (χ0v) is 30.1. The Morgan fingerprint density at radius 2 is 1.43 bits per heavy atom. The molecule has 8 heterocycles. The van der Waals surface area contributed by atoms with Gasteiger partial charge in [0.2, 0.25) is 10.6 Å². The second-order valence-electron chi connectivity index (χ2n) is 9.24. The number of carbonyl (C=O) groups excluding carboxylic acids is 1. The van der Waals surface area contributed by atoms with Crippen LogP contribution in [0, 0.1) is 0 Å². The van der Waals surface area contributed by atoms with Gasteiger partial charge in [0.05, 0.1) is 36.7 Å². The zero-order valence-electron chi connectivity index (χ0n) is 24.6. The van der Waals surface area contributed by atoms with Crippen LogP contribution in [-0.2, 0) is 9.47 Å². The summed E-state index contributed by atoms with van der Waals surface area (Å²) in [6.45, 7) is 3.21. The SMILES string of the molecule is C.COC(=O)c1ccsc1N.Clc1nc(Cl)c2ccsc2n1.Clc1nc(N2CCOCC2)c2ccsc2n1.O=c1[nH]c(=O)c2ccsc2[nH]1. The largest absolute Gasteiger partial charge is 0.465 e. The Hall–Kier alpha value is -3.68. The third kappa shape index (κ3) is 9.73. The highest BCUT2D eigenvalue weighted by Crippen LogP contribution is 2.29. The average molecular weight is 802 g/mol. The fraction of sp³-hybridized carbons (Fsp3) is 0.207. The standard InChI is InChI=1S/C10H10ClN3OS.C6H2Cl2N2S.C6H4N2O2S.C6H7NO2S.CH4/c11-10-12-8(14-2-4-15-5-3-14)7-1-6-16-9(7)13-10;7-4-3-1-2-11-5(3)10-6(8)9-4;9-4-3-1-2-11-5(3)8-6(10)7-4;1-9-6(8)4-2-3-10-5(4)7;/h1,6H,2-5H2;1-2H;1-2H,(H2,7,8,9,10);2-3H,7H2,1H3;1H4. The molecule has 13 nitrogen and oxygen atoms in total. The highest BCUT2D eigenvalue weighted by molar-refractivity contribution is 7.17. The number of nitrogens with two attached hydrogens (primary N) is 1. The lowest BCUT2D eigenvalue weighted by atomic mass is 10.3. The number of nitrogens with one attached hydrogen (secondary N) is 2. The molecular formula is C29H27Cl3N8O5S4. The van der Waals surface area contributed by atoms with Crippen molar-refractivity contribution in [2.75, 3.05) is 44.0 Å². The molecule has 0 aliphatic carbocycles. The molecular weight excluding hydrogens is 775 g/mol. The van der Waals surface area contributed by atoms with Crippen molar-refractivity contribution >= 4 is 128 Å². The number of halogens is 3. The van der Waals surface area contributed by atoms with Crippen LogP contribution in [0.3, 0.4) is 0 Å². The first-order valence-electron chi connectivity index (χ1n) is 13.5. The average Bonchev–Trinajstić information content (AvgIpc) is 3.89. The molecule has 1 saturated heterocycles. The smallest absolute Gasteiger partial charge is 0.340 e. The summed E-state index contributed by atoms with van der Waals surface area (Å²) in [5.74, 6) is 0.554. The van der Waals surface area contributed by atoms with Crippen LogP contribution in [0.2, 0.25) is 15.7 Å². The Balaban J connectivity index is 0.000000149. The van der Waals surface area contributed by atoms with Crippen molar-refractivity contribution in [2.24, 2.45) is 0 Å². The number of carbonyl (C=O) groups is 1. The zero-order chi connectivity index (χ0) is 34.2. The number of nitrogens with zero attached hydrogens (tertiary/aromatic N) is 5. The number of anilines is 2. The van der Waals surface area contributed by atoms with Gasteiger partial charge in [-0.3, -0.25) is 14.8 Å². The molecule has 7 aromatic heterocycles. The Kier molecular flexibility index (Phi) is 13.9. The first-order chi connectivity index (χ1) is 23.1. The van der Waals surface area contributed by atoms with Crippen LogP contribution in [0.4, 0.5) is 10.8 Å². The van der Waals surface area contributed by atoms with E-state index in [-0.39, 0.29) is 24.2 Å². The van der Waals surface area contributed by atoms with Crippen LogP contribution >= 0.6 is 80.1 Å². The quantitative estimate of drug-likeness (QED) is 0.0913. The Labute approximate surface area is 309 Å². The molecule has 0 radical (unpaired) electrons. The van der Waals surface area contributed by atoms with Crippen molar-refractivity contribution < 1.29 is 14.3 Å². The van der Waals surface area contributed by atoms with E-state index >= 15 is 0 Å². The van der Waals surface area contributed by atoms with E-state index in [0.29, 0.717) is 31.2 Å². The molecule has 4 N–H and O–H groups in total. The van der Waals surface area contributed by atoms with Crippen molar-refractivity contribution in [2.45, 2.75) is 7.43 Å². The van der Waals surface area contributed by atoms with Crippen molar-refractivity contribution in [3.8, 4) is 0 Å². The number of aromatic amines is 2. The number of thiophene rings is 4. The maximum Gasteiger partial charge on any atom is 0.340 e. The number of ether oxygens (including phenoxy) is 2. The molecule has 1 aliphatic rings. The number of fused-ring (bicyclic) bond motifs is 3. The van der Waals surface area contributed by atoms with Crippen molar-refractivity contribution in [3.05, 3.63) is 87.9 Å². The molecule has 0 amide bonds. The van der Waals surface area contributed by atoms with Crippen LogP contribution < -0.4 is 21.9 Å². The lowest BCUT2D eigenvalue weighted by Crippen LogP contribution is -2.36. The van der Waals surface area contributed by atoms with Crippen LogP contribution in [0.1, 0.15) is 17.8 Å². The number of rotatable bonds is 2. The van der Waals surface area contributed by atoms with Crippen LogP contribution in [0.25, 0.3) is 30.6 Å². The van der Waals surface area contributed by atoms with Gasteiger partial charge in [0, 0.05) is 18.5 Å². The number of esters is 1. The summed E-state index contributed by atoms with van der Waals surface area (Å²) in [6.07, 6.45) is 0. The van der Waals surface area contributed by atoms with Gasteiger partial charge in [0.25, 0.3) is 5.56 Å². The number of aromatic nitrogens is 6. The first kappa shape index (κ1) is 38.1. The molecule has 7 aromatic rings. The minimum absolute atomic E-state index is 0. The molecule has 0 bridgehead atoms. The summed E-state index contributed by atoms with van der Waals surface area (Å²) >= 11 is 23.0. The van der Waals surface area contributed by atoms with E-state index in [9.17, 15) is 14.4 Å². The predicted octanol–water partition coefficient (Wildman–Crippen LogP) is 7.21. The molecule has 49 heavy (non-hydrogen) atoms. The lowest BCUT2D eigenvalue weighted by molar-refractivity contribution is 0.0602. The molecule has 0 spiro atoms. The molecule has 1 aliphatic heterocycles. The molecule has 0 aromatic carbocycles. The maximum atomic E-state index is 11.0. The summed E-state index contributed by atoms with van der Waals surface area (Å²) in [4.78, 5) is 58.1. The van der Waals surface area contributed by atoms with Gasteiger partial charge in [-0.25, -0.2) is 24.5 Å². The van der Waals surface area contributed by atoms with E-state index in [2.05, 4.69) is 39.5 Å². The van der Waals surface area contributed by atoms with E-state index in [0.717, 1.165) is 52.6 Å². The van der Waals surface area contributed by atoms with Crippen molar-refractivity contribution in [3.63, 3.8) is 0 Å². The highest BCUT2D eigenvalue weighted by atomic mass is 35.5. The molecule has 8 rings (SSSR count). The molecule has 258 valence electrons. The third-order valence-corrected chi connectivity index (χ3v) is 10.1. The lowest BCUT2D eigenvalue weighted by Gasteiger charge is -2.28. The fourth-order valence-corrected chi connectivity index (χ4v) is 7.81. The van der Waals surface area contributed by atoms with Gasteiger partial charge < -0.3 is 20.1 Å². The molecule has 20 heteroatoms. The summed E-state index contributed by atoms with van der Waals surface area (Å²) < 4.78 is 9.79. The van der Waals surface area contributed by atoms with Gasteiger partial charge >= 0.3 is 11.7 Å². The summed E-state index contributed by atoms with van der Waals surface area (Å²) in [5, 5.41) is 11.3. The topological polar surface area (TPSA) is 182 Å². The number of nitrogen functional groups attached to an aromatic ring is 1. The summed E-state index contributed by atoms with van der Waals surface area (Å²) in [6, 6.07) is 7.24. The predicted molar refractivity (Wildman–Crippen MR) is 203 cm³/mol. The van der Waals surface area contributed by atoms with Gasteiger partial charge in [-0.05, 0) is 69.0 Å². The van der Waals surface area contributed by atoms with Gasteiger partial charge in [0.1, 0.15) is 30.5 Å². The Morgan fingerprint density at radius 1 is 0.837 bits per heavy atom. The van der Waals surface area contributed by atoms with E-state index in [1.807, 2.05) is 22.9 Å². The number of H-pyrrole nitrogens is 2. The van der Waals surface area contributed by atoms with Crippen LogP contribution in [-0.4, -0.2) is 69.3 Å². The van der Waals surface area contributed by atoms with Gasteiger partial charge in [-0.1, -0.05) is 19.0 Å². The van der Waals surface area contributed by atoms with Crippen molar-refractivity contribution in [1.29, 1.82) is 0 Å². The van der Waals surface area contributed by atoms with E-state index in [4.69, 9.17) is 45.3 Å². The van der Waals surface area contributed by atoms with Crippen molar-refractivity contribution in [1.82, 2.24) is 29.9 Å². The van der Waals surface area contributed by atoms with E-state index in [1.54, 1.807) is 34.2 Å². The molecule has 0 saturated carbocycles. The van der Waals surface area contributed by atoms with E-state index in [1.165, 1.54) is 41.1 Å². The van der Waals surface area contributed by atoms with Gasteiger partial charge in [0.15, 0.2) is 0 Å². The van der Waals surface area contributed by atoms with Crippen LogP contribution in [0.5, 0.6) is 0 Å². The molecule has 0 atom stereocenters. The summed E-state index contributed by atoms with van der Waals surface area (Å²) in [5.41, 5.74) is 5.10. The van der Waals surface area contributed by atoms with Gasteiger partial charge in [-0.15, -0.1) is 45.3 Å². The second-order valence-corrected chi connectivity index (χ2v) is 13.9. The first-order valence-corrected chi connectivity index (χ1v) is 18.2. The normalized spacial score (nSPS) is 12.2. The maximum absolute atomic E-state index is 11.0. The summed E-state index contributed by atoms with van der Waals surface area (Å²) in [7, 11) is 1.33. The third-order valence-electron chi connectivity index (χ3n) is 6.30. The Morgan fingerprint density at radius 3 is 2.08 bits per heavy atom. The second kappa shape index (κ2) is 17.8. The minimum Gasteiger partial charge on any atom is -0.465 e. The van der Waals surface area contributed by atoms with Gasteiger partial charge in [-0.2, -0.15) is 4.98 Å². The molecule has 0 unspecified atom stereocenters. The monoisotopic (exact) mass is 800 g/mol.